The number of esters is 2. The molecule has 3 rings (SSSR count). The van der Waals surface area contributed by atoms with Crippen LogP contribution in [0.3, 0.4) is 0 Å². The van der Waals surface area contributed by atoms with Crippen LogP contribution >= 0.6 is 56.8 Å². The van der Waals surface area contributed by atoms with Crippen LogP contribution in [-0.4, -0.2) is 11.9 Å². The van der Waals surface area contributed by atoms with Crippen molar-refractivity contribution in [3.63, 3.8) is 0 Å². The lowest BCUT2D eigenvalue weighted by molar-refractivity contribution is 0.0719. The number of ether oxygens (including phenoxy) is 2. The molecule has 27 heavy (non-hydrogen) atoms. The van der Waals surface area contributed by atoms with Crippen molar-refractivity contribution in [2.45, 2.75) is 0 Å². The van der Waals surface area contributed by atoms with Crippen LogP contribution in [-0.2, 0) is 0 Å². The van der Waals surface area contributed by atoms with E-state index in [1.807, 2.05) is 12.1 Å². The Balaban J connectivity index is 1.72. The number of carbonyl (C=O) groups is 2. The molecule has 0 aliphatic rings. The van der Waals surface area contributed by atoms with Crippen LogP contribution in [0.1, 0.15) is 20.7 Å². The van der Waals surface area contributed by atoms with Gasteiger partial charge in [-0.1, -0.05) is 23.7 Å². The van der Waals surface area contributed by atoms with E-state index in [9.17, 15) is 9.59 Å². The molecule has 3 aromatic carbocycles. The summed E-state index contributed by atoms with van der Waals surface area (Å²) in [6, 6.07) is 18.5. The first kappa shape index (κ1) is 20.1. The molecular formula is C20H11ClI2O4. The number of hydrogen-bond acceptors (Lipinski definition) is 4. The van der Waals surface area contributed by atoms with Crippen LogP contribution in [0.25, 0.3) is 0 Å². The van der Waals surface area contributed by atoms with Crippen molar-refractivity contribution in [3.8, 4) is 11.5 Å². The molecule has 0 saturated carbocycles. The lowest BCUT2D eigenvalue weighted by atomic mass is 10.2. The minimum absolute atomic E-state index is 0.168. The van der Waals surface area contributed by atoms with Gasteiger partial charge in [-0.3, -0.25) is 0 Å². The minimum atomic E-state index is -0.515. The van der Waals surface area contributed by atoms with E-state index in [0.29, 0.717) is 11.1 Å². The summed E-state index contributed by atoms with van der Waals surface area (Å²) < 4.78 is 12.5. The smallest absolute Gasteiger partial charge is 0.343 e. The number of halogens is 3. The zero-order valence-corrected chi connectivity index (χ0v) is 18.7. The number of hydrogen-bond donors (Lipinski definition) is 0. The van der Waals surface area contributed by atoms with Gasteiger partial charge in [-0.2, -0.15) is 0 Å². The summed E-state index contributed by atoms with van der Waals surface area (Å²) in [5.41, 5.74) is 0.861. The van der Waals surface area contributed by atoms with Crippen molar-refractivity contribution >= 4 is 68.7 Å². The molecule has 0 atom stereocenters. The molecule has 0 heterocycles. The molecule has 7 heteroatoms. The molecule has 0 bridgehead atoms. The van der Waals surface area contributed by atoms with E-state index in [1.165, 1.54) is 18.2 Å². The monoisotopic (exact) mass is 604 g/mol. The second-order valence-electron chi connectivity index (χ2n) is 5.39. The van der Waals surface area contributed by atoms with Crippen LogP contribution in [0.15, 0.2) is 66.7 Å². The molecule has 0 amide bonds. The Kier molecular flexibility index (Phi) is 6.72. The summed E-state index contributed by atoms with van der Waals surface area (Å²) in [7, 11) is 0. The van der Waals surface area contributed by atoms with Gasteiger partial charge in [0, 0.05) is 13.2 Å². The van der Waals surface area contributed by atoms with Gasteiger partial charge in [-0.25, -0.2) is 9.59 Å². The van der Waals surface area contributed by atoms with E-state index in [4.69, 9.17) is 21.1 Å². The Hall–Kier alpha value is -1.65. The van der Waals surface area contributed by atoms with E-state index >= 15 is 0 Å². The van der Waals surface area contributed by atoms with Gasteiger partial charge in [0.1, 0.15) is 11.5 Å². The second kappa shape index (κ2) is 9.03. The Morgan fingerprint density at radius 1 is 0.741 bits per heavy atom. The first-order valence-corrected chi connectivity index (χ1v) is 10.2. The summed E-state index contributed by atoms with van der Waals surface area (Å²) in [5, 5.41) is 0.168. The zero-order valence-electron chi connectivity index (χ0n) is 13.6. The maximum Gasteiger partial charge on any atom is 0.343 e. The Morgan fingerprint density at radius 2 is 1.30 bits per heavy atom. The van der Waals surface area contributed by atoms with Crippen molar-refractivity contribution in [1.29, 1.82) is 0 Å². The van der Waals surface area contributed by atoms with Crippen molar-refractivity contribution in [3.05, 3.63) is 90.0 Å². The van der Waals surface area contributed by atoms with Crippen LogP contribution in [0.4, 0.5) is 0 Å². The second-order valence-corrected chi connectivity index (χ2v) is 8.29. The largest absolute Gasteiger partial charge is 0.423 e. The number of benzene rings is 3. The fourth-order valence-corrected chi connectivity index (χ4v) is 3.48. The Morgan fingerprint density at radius 3 is 1.81 bits per heavy atom. The van der Waals surface area contributed by atoms with Gasteiger partial charge in [-0.05, 0) is 93.7 Å². The van der Waals surface area contributed by atoms with Crippen molar-refractivity contribution in [1.82, 2.24) is 0 Å². The van der Waals surface area contributed by atoms with Crippen LogP contribution in [0.2, 0.25) is 5.02 Å². The highest BCUT2D eigenvalue weighted by Crippen LogP contribution is 2.30. The third-order valence-electron chi connectivity index (χ3n) is 3.44. The van der Waals surface area contributed by atoms with E-state index in [-0.39, 0.29) is 16.5 Å². The summed E-state index contributed by atoms with van der Waals surface area (Å²) >= 11 is 10.4. The molecular weight excluding hydrogens is 593 g/mol. The van der Waals surface area contributed by atoms with Crippen molar-refractivity contribution in [2.75, 3.05) is 0 Å². The highest BCUT2D eigenvalue weighted by Gasteiger charge is 2.14. The lowest BCUT2D eigenvalue weighted by Crippen LogP contribution is -2.10. The molecule has 4 nitrogen and oxygen atoms in total. The molecule has 136 valence electrons. The normalized spacial score (nSPS) is 10.3. The first-order chi connectivity index (χ1) is 12.9. The molecule has 0 spiro atoms. The minimum Gasteiger partial charge on any atom is -0.423 e. The maximum atomic E-state index is 12.2. The van der Waals surface area contributed by atoms with Gasteiger partial charge in [-0.15, -0.1) is 0 Å². The SMILES string of the molecule is O=C(Oc1ccc(OC(=O)c2cccc(I)c2)c(Cl)c1)c1cccc(I)c1. The highest BCUT2D eigenvalue weighted by atomic mass is 127. The molecule has 0 N–H and O–H groups in total. The lowest BCUT2D eigenvalue weighted by Gasteiger charge is -2.09. The molecule has 0 aliphatic carbocycles. The summed E-state index contributed by atoms with van der Waals surface area (Å²) in [5.74, 6) is -0.556. The van der Waals surface area contributed by atoms with Crippen LogP contribution in [0, 0.1) is 7.14 Å². The molecule has 0 aliphatic heterocycles. The third-order valence-corrected chi connectivity index (χ3v) is 5.07. The fourth-order valence-electron chi connectivity index (χ4n) is 2.18. The van der Waals surface area contributed by atoms with Gasteiger partial charge < -0.3 is 9.47 Å². The predicted octanol–water partition coefficient (Wildman–Crippen LogP) is 5.99. The maximum absolute atomic E-state index is 12.2. The van der Waals surface area contributed by atoms with E-state index in [1.54, 1.807) is 36.4 Å². The average Bonchev–Trinajstić information content (AvgIpc) is 2.64. The summed E-state index contributed by atoms with van der Waals surface area (Å²) in [6.45, 7) is 0. The zero-order chi connectivity index (χ0) is 19.4. The van der Waals surface area contributed by atoms with Crippen molar-refractivity contribution in [2.24, 2.45) is 0 Å². The average molecular weight is 605 g/mol. The summed E-state index contributed by atoms with van der Waals surface area (Å²) in [6.07, 6.45) is 0. The van der Waals surface area contributed by atoms with Crippen LogP contribution < -0.4 is 9.47 Å². The molecule has 0 radical (unpaired) electrons. The molecule has 0 saturated heterocycles. The fraction of sp³-hybridized carbons (Fsp3) is 0. The molecule has 3 aromatic rings. The van der Waals surface area contributed by atoms with Gasteiger partial charge in [0.05, 0.1) is 16.1 Å². The number of carbonyl (C=O) groups excluding carboxylic acids is 2. The van der Waals surface area contributed by atoms with E-state index < -0.39 is 11.9 Å². The number of rotatable bonds is 4. The molecule has 0 aromatic heterocycles. The van der Waals surface area contributed by atoms with Gasteiger partial charge >= 0.3 is 11.9 Å². The predicted molar refractivity (Wildman–Crippen MR) is 120 cm³/mol. The standard InChI is InChI=1S/C20H11ClI2O4/c21-17-11-16(26-19(24)12-3-1-5-14(22)9-12)7-8-18(17)27-20(25)13-4-2-6-15(23)10-13/h1-11H. The summed E-state index contributed by atoms with van der Waals surface area (Å²) in [4.78, 5) is 24.4. The topological polar surface area (TPSA) is 52.6 Å². The Labute approximate surface area is 188 Å². The van der Waals surface area contributed by atoms with Crippen LogP contribution in [0.5, 0.6) is 11.5 Å². The quantitative estimate of drug-likeness (QED) is 0.209. The van der Waals surface area contributed by atoms with Gasteiger partial charge in [0.15, 0.2) is 0 Å². The first-order valence-electron chi connectivity index (χ1n) is 7.67. The van der Waals surface area contributed by atoms with Crippen molar-refractivity contribution < 1.29 is 19.1 Å². The highest BCUT2D eigenvalue weighted by molar-refractivity contribution is 14.1. The third kappa shape index (κ3) is 5.43. The van der Waals surface area contributed by atoms with E-state index in [2.05, 4.69) is 45.2 Å². The van der Waals surface area contributed by atoms with Gasteiger partial charge in [0.25, 0.3) is 0 Å². The Bertz CT molecular complexity index is 1020. The molecule has 0 fully saturated rings. The molecule has 0 unspecified atom stereocenters. The van der Waals surface area contributed by atoms with E-state index in [0.717, 1.165) is 7.14 Å². The van der Waals surface area contributed by atoms with Gasteiger partial charge in [0.2, 0.25) is 0 Å².